The summed E-state index contributed by atoms with van der Waals surface area (Å²) in [6, 6.07) is 2.26. The minimum Gasteiger partial charge on any atom is -0.397 e. The predicted octanol–water partition coefficient (Wildman–Crippen LogP) is 2.26. The summed E-state index contributed by atoms with van der Waals surface area (Å²) in [6.45, 7) is 4.32. The average molecular weight is 179 g/mol. The molecule has 1 heterocycles. The first-order valence-corrected chi connectivity index (χ1v) is 4.70. The summed E-state index contributed by atoms with van der Waals surface area (Å²) < 4.78 is 0. The van der Waals surface area contributed by atoms with E-state index in [0.717, 1.165) is 17.8 Å². The van der Waals surface area contributed by atoms with Gasteiger partial charge in [-0.05, 0) is 19.4 Å². The zero-order chi connectivity index (χ0) is 9.68. The Morgan fingerprint density at radius 1 is 1.62 bits per heavy atom. The van der Waals surface area contributed by atoms with E-state index in [4.69, 9.17) is 5.73 Å². The van der Waals surface area contributed by atoms with Crippen molar-refractivity contribution < 1.29 is 0 Å². The number of nitrogens with one attached hydrogen (secondary N) is 1. The summed E-state index contributed by atoms with van der Waals surface area (Å²) >= 11 is 0. The lowest BCUT2D eigenvalue weighted by molar-refractivity contribution is 0.690. The van der Waals surface area contributed by atoms with Crippen LogP contribution in [0.5, 0.6) is 0 Å². The highest BCUT2D eigenvalue weighted by Gasteiger charge is 2.02. The number of nitrogens with two attached hydrogens (primary N) is 1. The number of hydrogen-bond acceptors (Lipinski definition) is 3. The second kappa shape index (κ2) is 4.70. The smallest absolute Gasteiger partial charge is 0.0762 e. The topological polar surface area (TPSA) is 50.9 Å². The second-order valence-corrected chi connectivity index (χ2v) is 3.30. The van der Waals surface area contributed by atoms with Gasteiger partial charge in [0, 0.05) is 12.2 Å². The Hall–Kier alpha value is -1.25. The summed E-state index contributed by atoms with van der Waals surface area (Å²) in [5, 5.41) is 3.32. The molecule has 0 aliphatic carbocycles. The number of aromatic nitrogens is 1. The van der Waals surface area contributed by atoms with E-state index in [0.29, 0.717) is 6.04 Å². The third kappa shape index (κ3) is 2.93. The number of rotatable bonds is 4. The highest BCUT2D eigenvalue weighted by molar-refractivity contribution is 5.64. The number of pyridine rings is 1. The first-order chi connectivity index (χ1) is 6.24. The molecule has 0 bridgehead atoms. The van der Waals surface area contributed by atoms with Gasteiger partial charge in [-0.1, -0.05) is 13.3 Å². The van der Waals surface area contributed by atoms with Gasteiger partial charge in [-0.15, -0.1) is 0 Å². The van der Waals surface area contributed by atoms with Crippen LogP contribution in [0.25, 0.3) is 0 Å². The molecule has 72 valence electrons. The zero-order valence-electron chi connectivity index (χ0n) is 8.25. The Morgan fingerprint density at radius 2 is 2.38 bits per heavy atom. The maximum Gasteiger partial charge on any atom is 0.0762 e. The van der Waals surface area contributed by atoms with Crippen LogP contribution in [-0.2, 0) is 0 Å². The molecule has 13 heavy (non-hydrogen) atoms. The van der Waals surface area contributed by atoms with Crippen molar-refractivity contribution in [1.29, 1.82) is 0 Å². The van der Waals surface area contributed by atoms with Crippen LogP contribution in [-0.4, -0.2) is 11.0 Å². The lowest BCUT2D eigenvalue weighted by Crippen LogP contribution is -2.15. The Morgan fingerprint density at radius 3 is 3.00 bits per heavy atom. The molecule has 1 atom stereocenters. The minimum atomic E-state index is 0.455. The molecule has 0 saturated carbocycles. The van der Waals surface area contributed by atoms with Crippen LogP contribution >= 0.6 is 0 Å². The van der Waals surface area contributed by atoms with Gasteiger partial charge in [-0.2, -0.15) is 0 Å². The number of hydrogen-bond donors (Lipinski definition) is 2. The van der Waals surface area contributed by atoms with E-state index in [1.807, 2.05) is 0 Å². The van der Waals surface area contributed by atoms with Gasteiger partial charge in [0.15, 0.2) is 0 Å². The quantitative estimate of drug-likeness (QED) is 0.745. The van der Waals surface area contributed by atoms with Crippen molar-refractivity contribution in [2.75, 3.05) is 11.1 Å². The fourth-order valence-corrected chi connectivity index (χ4v) is 1.30. The Bertz CT molecular complexity index is 260. The molecule has 0 aliphatic rings. The summed E-state index contributed by atoms with van der Waals surface area (Å²) in [5.74, 6) is 0. The first kappa shape index (κ1) is 9.84. The molecule has 1 aromatic rings. The van der Waals surface area contributed by atoms with E-state index < -0.39 is 0 Å². The molecular formula is C10H17N3. The van der Waals surface area contributed by atoms with Gasteiger partial charge in [0.2, 0.25) is 0 Å². The van der Waals surface area contributed by atoms with Crippen LogP contribution in [0.15, 0.2) is 18.5 Å². The number of anilines is 2. The van der Waals surface area contributed by atoms with E-state index in [2.05, 4.69) is 24.1 Å². The van der Waals surface area contributed by atoms with E-state index >= 15 is 0 Å². The Balaban J connectivity index is 2.58. The van der Waals surface area contributed by atoms with E-state index in [1.165, 1.54) is 6.42 Å². The molecular weight excluding hydrogens is 162 g/mol. The fraction of sp³-hybridized carbons (Fsp3) is 0.500. The van der Waals surface area contributed by atoms with Gasteiger partial charge in [0.1, 0.15) is 0 Å². The highest BCUT2D eigenvalue weighted by atomic mass is 14.9. The average Bonchev–Trinajstić information content (AvgIpc) is 2.09. The molecule has 1 aromatic heterocycles. The second-order valence-electron chi connectivity index (χ2n) is 3.30. The van der Waals surface area contributed by atoms with E-state index in [1.54, 1.807) is 18.5 Å². The monoisotopic (exact) mass is 179 g/mol. The van der Waals surface area contributed by atoms with Crippen LogP contribution in [0, 0.1) is 0 Å². The number of nitrogens with zero attached hydrogens (tertiary/aromatic N) is 1. The first-order valence-electron chi connectivity index (χ1n) is 4.70. The molecule has 0 fully saturated rings. The standard InChI is InChI=1S/C10H17N3/c1-3-4-8(2)13-10-7-12-6-5-9(10)11/h5-8,13H,3-4H2,1-2H3,(H2,11,12). The molecule has 1 rings (SSSR count). The molecule has 0 amide bonds. The SMILES string of the molecule is CCCC(C)Nc1cnccc1N. The van der Waals surface area contributed by atoms with Crippen molar-refractivity contribution in [2.24, 2.45) is 0 Å². The normalized spacial score (nSPS) is 12.5. The van der Waals surface area contributed by atoms with Crippen LogP contribution < -0.4 is 11.1 Å². The van der Waals surface area contributed by atoms with Crippen molar-refractivity contribution in [3.63, 3.8) is 0 Å². The molecule has 3 N–H and O–H groups in total. The van der Waals surface area contributed by atoms with Crippen LogP contribution in [0.4, 0.5) is 11.4 Å². The third-order valence-corrected chi connectivity index (χ3v) is 1.98. The van der Waals surface area contributed by atoms with Gasteiger partial charge in [0.25, 0.3) is 0 Å². The largest absolute Gasteiger partial charge is 0.397 e. The Labute approximate surface area is 79.4 Å². The highest BCUT2D eigenvalue weighted by Crippen LogP contribution is 2.17. The van der Waals surface area contributed by atoms with Gasteiger partial charge >= 0.3 is 0 Å². The maximum absolute atomic E-state index is 5.76. The number of nitrogen functional groups attached to an aromatic ring is 1. The predicted molar refractivity (Wildman–Crippen MR) is 56.6 cm³/mol. The van der Waals surface area contributed by atoms with E-state index in [9.17, 15) is 0 Å². The van der Waals surface area contributed by atoms with Crippen molar-refractivity contribution >= 4 is 11.4 Å². The molecule has 1 unspecified atom stereocenters. The van der Waals surface area contributed by atoms with Gasteiger partial charge in [0.05, 0.1) is 17.6 Å². The molecule has 3 nitrogen and oxygen atoms in total. The summed E-state index contributed by atoms with van der Waals surface area (Å²) in [7, 11) is 0. The van der Waals surface area contributed by atoms with Gasteiger partial charge in [-0.3, -0.25) is 4.98 Å². The van der Waals surface area contributed by atoms with Gasteiger partial charge in [-0.25, -0.2) is 0 Å². The molecule has 0 saturated heterocycles. The maximum atomic E-state index is 5.76. The third-order valence-electron chi connectivity index (χ3n) is 1.98. The fourth-order valence-electron chi connectivity index (χ4n) is 1.30. The molecule has 3 heteroatoms. The molecule has 0 aromatic carbocycles. The summed E-state index contributed by atoms with van der Waals surface area (Å²) in [5.41, 5.74) is 7.46. The zero-order valence-corrected chi connectivity index (χ0v) is 8.25. The van der Waals surface area contributed by atoms with Crippen LogP contribution in [0.3, 0.4) is 0 Å². The van der Waals surface area contributed by atoms with E-state index in [-0.39, 0.29) is 0 Å². The molecule has 0 aliphatic heterocycles. The van der Waals surface area contributed by atoms with Crippen LogP contribution in [0.2, 0.25) is 0 Å². The van der Waals surface area contributed by atoms with Crippen molar-refractivity contribution in [3.05, 3.63) is 18.5 Å². The summed E-state index contributed by atoms with van der Waals surface area (Å²) in [6.07, 6.45) is 5.79. The van der Waals surface area contributed by atoms with Crippen molar-refractivity contribution in [3.8, 4) is 0 Å². The summed E-state index contributed by atoms with van der Waals surface area (Å²) in [4.78, 5) is 4.02. The lowest BCUT2D eigenvalue weighted by Gasteiger charge is -2.15. The van der Waals surface area contributed by atoms with Gasteiger partial charge < -0.3 is 11.1 Å². The Kier molecular flexibility index (Phi) is 3.55. The van der Waals surface area contributed by atoms with Crippen molar-refractivity contribution in [1.82, 2.24) is 4.98 Å². The lowest BCUT2D eigenvalue weighted by atomic mass is 10.2. The minimum absolute atomic E-state index is 0.455. The van der Waals surface area contributed by atoms with Crippen LogP contribution in [0.1, 0.15) is 26.7 Å². The molecule has 0 spiro atoms. The molecule has 0 radical (unpaired) electrons. The van der Waals surface area contributed by atoms with Crippen molar-refractivity contribution in [2.45, 2.75) is 32.7 Å².